The van der Waals surface area contributed by atoms with Crippen molar-refractivity contribution in [1.82, 2.24) is 5.32 Å². The molecule has 78 valence electrons. The van der Waals surface area contributed by atoms with Gasteiger partial charge in [0.1, 0.15) is 5.82 Å². The van der Waals surface area contributed by atoms with Gasteiger partial charge >= 0.3 is 0 Å². The lowest BCUT2D eigenvalue weighted by molar-refractivity contribution is 0.187. The van der Waals surface area contributed by atoms with Gasteiger partial charge in [0.25, 0.3) is 0 Å². The van der Waals surface area contributed by atoms with E-state index < -0.39 is 6.10 Å². The van der Waals surface area contributed by atoms with Crippen LogP contribution in [0.2, 0.25) is 0 Å². The van der Waals surface area contributed by atoms with Crippen LogP contribution < -0.4 is 5.32 Å². The first kappa shape index (κ1) is 11.1. The summed E-state index contributed by atoms with van der Waals surface area (Å²) >= 11 is 0. The Labute approximate surface area is 83.8 Å². The van der Waals surface area contributed by atoms with Crippen LogP contribution in [0.15, 0.2) is 24.3 Å². The molecule has 1 aromatic rings. The van der Waals surface area contributed by atoms with E-state index in [0.29, 0.717) is 12.1 Å². The molecule has 0 aliphatic heterocycles. The predicted molar refractivity (Wildman–Crippen MR) is 54.5 cm³/mol. The van der Waals surface area contributed by atoms with Crippen molar-refractivity contribution < 1.29 is 9.50 Å². The molecular weight excluding hydrogens is 181 g/mol. The first-order valence-corrected chi connectivity index (χ1v) is 4.77. The van der Waals surface area contributed by atoms with Crippen molar-refractivity contribution in [3.05, 3.63) is 35.6 Å². The van der Waals surface area contributed by atoms with Crippen LogP contribution in [0.4, 0.5) is 4.39 Å². The number of nitrogens with one attached hydrogen (secondary N) is 1. The number of benzene rings is 1. The highest BCUT2D eigenvalue weighted by molar-refractivity contribution is 5.20. The Kier molecular flexibility index (Phi) is 4.04. The zero-order chi connectivity index (χ0) is 10.6. The van der Waals surface area contributed by atoms with Gasteiger partial charge in [-0.25, -0.2) is 4.39 Å². The first-order valence-electron chi connectivity index (χ1n) is 4.77. The molecule has 0 saturated heterocycles. The van der Waals surface area contributed by atoms with Gasteiger partial charge in [0.2, 0.25) is 0 Å². The van der Waals surface area contributed by atoms with Gasteiger partial charge in [0, 0.05) is 18.2 Å². The Morgan fingerprint density at radius 3 is 2.57 bits per heavy atom. The molecule has 0 saturated carbocycles. The third kappa shape index (κ3) is 3.09. The summed E-state index contributed by atoms with van der Waals surface area (Å²) in [7, 11) is 0. The lowest BCUT2D eigenvalue weighted by Crippen LogP contribution is -2.27. The number of hydrogen-bond donors (Lipinski definition) is 2. The Morgan fingerprint density at radius 1 is 1.36 bits per heavy atom. The van der Waals surface area contributed by atoms with Crippen molar-refractivity contribution in [2.24, 2.45) is 0 Å². The second kappa shape index (κ2) is 5.08. The van der Waals surface area contributed by atoms with E-state index in [2.05, 4.69) is 5.32 Å². The van der Waals surface area contributed by atoms with Gasteiger partial charge in [-0.1, -0.05) is 18.2 Å². The van der Waals surface area contributed by atoms with Crippen LogP contribution in [0.25, 0.3) is 0 Å². The predicted octanol–water partition coefficient (Wildman–Crippen LogP) is 1.86. The molecule has 1 rings (SSSR count). The number of hydrogen-bond acceptors (Lipinski definition) is 2. The van der Waals surface area contributed by atoms with E-state index in [0.717, 1.165) is 0 Å². The number of aliphatic hydroxyl groups is 1. The number of rotatable bonds is 4. The van der Waals surface area contributed by atoms with E-state index in [1.54, 1.807) is 25.1 Å². The summed E-state index contributed by atoms with van der Waals surface area (Å²) in [6.45, 7) is 4.04. The minimum Gasteiger partial charge on any atom is -0.392 e. The van der Waals surface area contributed by atoms with Crippen LogP contribution in [0.1, 0.15) is 25.5 Å². The van der Waals surface area contributed by atoms with E-state index in [1.165, 1.54) is 6.07 Å². The van der Waals surface area contributed by atoms with Gasteiger partial charge in [-0.3, -0.25) is 0 Å². The molecule has 0 unspecified atom stereocenters. The van der Waals surface area contributed by atoms with Crippen LogP contribution >= 0.6 is 0 Å². The number of aliphatic hydroxyl groups excluding tert-OH is 1. The lowest BCUT2D eigenvalue weighted by Gasteiger charge is -2.15. The average Bonchev–Trinajstić information content (AvgIpc) is 2.15. The van der Waals surface area contributed by atoms with Crippen molar-refractivity contribution in [3.63, 3.8) is 0 Å². The summed E-state index contributed by atoms with van der Waals surface area (Å²) in [5.41, 5.74) is 0.633. The average molecular weight is 197 g/mol. The fraction of sp³-hybridized carbons (Fsp3) is 0.455. The number of halogens is 1. The van der Waals surface area contributed by atoms with E-state index in [1.807, 2.05) is 6.92 Å². The van der Waals surface area contributed by atoms with E-state index >= 15 is 0 Å². The molecule has 2 nitrogen and oxygen atoms in total. The standard InChI is InChI=1S/C11H16FNO/c1-8(14)7-13-9(2)10-5-3-4-6-11(10)12/h3-6,8-9,13-14H,7H2,1-2H3/t8-,9+/m0/s1. The van der Waals surface area contributed by atoms with Crippen LogP contribution in [-0.4, -0.2) is 17.8 Å². The van der Waals surface area contributed by atoms with Crippen LogP contribution in [0.3, 0.4) is 0 Å². The SMILES string of the molecule is C[C@H](O)CN[C@H](C)c1ccccc1F. The molecule has 0 fully saturated rings. The smallest absolute Gasteiger partial charge is 0.127 e. The molecule has 2 atom stereocenters. The fourth-order valence-electron chi connectivity index (χ4n) is 1.28. The summed E-state index contributed by atoms with van der Waals surface area (Å²) in [4.78, 5) is 0. The van der Waals surface area contributed by atoms with E-state index in [4.69, 9.17) is 5.11 Å². The van der Waals surface area contributed by atoms with Gasteiger partial charge in [-0.05, 0) is 19.9 Å². The van der Waals surface area contributed by atoms with Gasteiger partial charge < -0.3 is 10.4 Å². The molecule has 0 amide bonds. The summed E-state index contributed by atoms with van der Waals surface area (Å²) in [5.74, 6) is -0.210. The minimum absolute atomic E-state index is 0.0780. The summed E-state index contributed by atoms with van der Waals surface area (Å²) in [6, 6.07) is 6.58. The zero-order valence-electron chi connectivity index (χ0n) is 8.50. The highest BCUT2D eigenvalue weighted by atomic mass is 19.1. The maximum absolute atomic E-state index is 13.3. The third-order valence-corrected chi connectivity index (χ3v) is 2.09. The monoisotopic (exact) mass is 197 g/mol. The quantitative estimate of drug-likeness (QED) is 0.772. The van der Waals surface area contributed by atoms with Crippen LogP contribution in [0, 0.1) is 5.82 Å². The van der Waals surface area contributed by atoms with Crippen molar-refractivity contribution >= 4 is 0 Å². The molecule has 0 aliphatic carbocycles. The maximum atomic E-state index is 13.3. The second-order valence-electron chi connectivity index (χ2n) is 3.50. The van der Waals surface area contributed by atoms with Gasteiger partial charge in [-0.2, -0.15) is 0 Å². The molecule has 14 heavy (non-hydrogen) atoms. The molecule has 0 spiro atoms. The second-order valence-corrected chi connectivity index (χ2v) is 3.50. The summed E-state index contributed by atoms with van der Waals surface area (Å²) < 4.78 is 13.3. The lowest BCUT2D eigenvalue weighted by atomic mass is 10.1. The highest BCUT2D eigenvalue weighted by Crippen LogP contribution is 2.15. The van der Waals surface area contributed by atoms with Gasteiger partial charge in [0.05, 0.1) is 6.10 Å². The molecule has 0 aliphatic rings. The minimum atomic E-state index is -0.413. The van der Waals surface area contributed by atoms with Crippen molar-refractivity contribution in [1.29, 1.82) is 0 Å². The van der Waals surface area contributed by atoms with Crippen molar-refractivity contribution in [2.75, 3.05) is 6.54 Å². The molecule has 2 N–H and O–H groups in total. The summed E-state index contributed by atoms with van der Waals surface area (Å²) in [6.07, 6.45) is -0.413. The maximum Gasteiger partial charge on any atom is 0.127 e. The molecule has 3 heteroatoms. The molecule has 0 aromatic heterocycles. The third-order valence-electron chi connectivity index (χ3n) is 2.09. The fourth-order valence-corrected chi connectivity index (χ4v) is 1.28. The Balaban J connectivity index is 2.60. The normalized spacial score (nSPS) is 15.1. The first-order chi connectivity index (χ1) is 6.61. The van der Waals surface area contributed by atoms with Gasteiger partial charge in [-0.15, -0.1) is 0 Å². The molecule has 0 bridgehead atoms. The topological polar surface area (TPSA) is 32.3 Å². The highest BCUT2D eigenvalue weighted by Gasteiger charge is 2.09. The van der Waals surface area contributed by atoms with Crippen molar-refractivity contribution in [3.8, 4) is 0 Å². The zero-order valence-corrected chi connectivity index (χ0v) is 8.50. The van der Waals surface area contributed by atoms with E-state index in [-0.39, 0.29) is 11.9 Å². The van der Waals surface area contributed by atoms with Gasteiger partial charge in [0.15, 0.2) is 0 Å². The van der Waals surface area contributed by atoms with Crippen LogP contribution in [-0.2, 0) is 0 Å². The largest absolute Gasteiger partial charge is 0.392 e. The summed E-state index contributed by atoms with van der Waals surface area (Å²) in [5, 5.41) is 12.1. The molecular formula is C11H16FNO. The van der Waals surface area contributed by atoms with Crippen LogP contribution in [0.5, 0.6) is 0 Å². The Bertz CT molecular complexity index is 288. The molecule has 1 aromatic carbocycles. The molecule has 0 radical (unpaired) electrons. The van der Waals surface area contributed by atoms with Crippen molar-refractivity contribution in [2.45, 2.75) is 26.0 Å². The Hall–Kier alpha value is -0.930. The Morgan fingerprint density at radius 2 is 2.00 bits per heavy atom. The van der Waals surface area contributed by atoms with E-state index in [9.17, 15) is 4.39 Å². The molecule has 0 heterocycles.